The Morgan fingerprint density at radius 1 is 1.53 bits per heavy atom. The molecule has 1 atom stereocenters. The van der Waals surface area contributed by atoms with Gasteiger partial charge in [-0.05, 0) is 18.6 Å². The number of rotatable bonds is 3. The van der Waals surface area contributed by atoms with E-state index in [1.165, 1.54) is 0 Å². The third-order valence-corrected chi connectivity index (χ3v) is 2.53. The number of furan rings is 1. The second kappa shape index (κ2) is 4.80. The third kappa shape index (κ3) is 2.71. The molecule has 17 heavy (non-hydrogen) atoms. The van der Waals surface area contributed by atoms with Gasteiger partial charge < -0.3 is 4.42 Å². The SMILES string of the molecule is N#Cc1ccc(CNC2CCC(=O)NC2=O)o1. The van der Waals surface area contributed by atoms with Crippen molar-refractivity contribution in [2.75, 3.05) is 0 Å². The minimum absolute atomic E-state index is 0.238. The Hall–Kier alpha value is -2.13. The zero-order chi connectivity index (χ0) is 12.3. The van der Waals surface area contributed by atoms with Crippen LogP contribution < -0.4 is 10.6 Å². The van der Waals surface area contributed by atoms with Gasteiger partial charge in [0.2, 0.25) is 17.6 Å². The van der Waals surface area contributed by atoms with Gasteiger partial charge in [0.15, 0.2) is 0 Å². The Balaban J connectivity index is 1.88. The Morgan fingerprint density at radius 3 is 3.00 bits per heavy atom. The van der Waals surface area contributed by atoms with Crippen LogP contribution in [0.2, 0.25) is 0 Å². The number of piperidine rings is 1. The number of nitrogens with one attached hydrogen (secondary N) is 2. The smallest absolute Gasteiger partial charge is 0.243 e. The molecule has 2 rings (SSSR count). The molecule has 1 fully saturated rings. The van der Waals surface area contributed by atoms with Crippen LogP contribution in [0.4, 0.5) is 0 Å². The minimum Gasteiger partial charge on any atom is -0.449 e. The second-order valence-electron chi connectivity index (χ2n) is 3.76. The molecule has 1 aromatic heterocycles. The molecule has 2 amide bonds. The first-order valence-corrected chi connectivity index (χ1v) is 5.25. The lowest BCUT2D eigenvalue weighted by molar-refractivity contribution is -0.134. The molecule has 2 N–H and O–H groups in total. The molecular formula is C11H11N3O3. The zero-order valence-corrected chi connectivity index (χ0v) is 9.03. The van der Waals surface area contributed by atoms with E-state index < -0.39 is 0 Å². The molecule has 1 saturated heterocycles. The highest BCUT2D eigenvalue weighted by molar-refractivity contribution is 6.00. The average Bonchev–Trinajstić information content (AvgIpc) is 2.76. The van der Waals surface area contributed by atoms with Gasteiger partial charge in [0.05, 0.1) is 12.6 Å². The third-order valence-electron chi connectivity index (χ3n) is 2.53. The van der Waals surface area contributed by atoms with E-state index in [-0.39, 0.29) is 23.6 Å². The first-order valence-electron chi connectivity index (χ1n) is 5.25. The van der Waals surface area contributed by atoms with Crippen molar-refractivity contribution in [2.45, 2.75) is 25.4 Å². The summed E-state index contributed by atoms with van der Waals surface area (Å²) >= 11 is 0. The Labute approximate surface area is 97.6 Å². The van der Waals surface area contributed by atoms with E-state index in [0.29, 0.717) is 25.1 Å². The fourth-order valence-electron chi connectivity index (χ4n) is 1.65. The van der Waals surface area contributed by atoms with Crippen LogP contribution in [0.1, 0.15) is 24.4 Å². The van der Waals surface area contributed by atoms with Gasteiger partial charge in [0.25, 0.3) is 0 Å². The fraction of sp³-hybridized carbons (Fsp3) is 0.364. The highest BCUT2D eigenvalue weighted by Gasteiger charge is 2.25. The Morgan fingerprint density at radius 2 is 2.35 bits per heavy atom. The number of nitriles is 1. The van der Waals surface area contributed by atoms with Gasteiger partial charge in [-0.25, -0.2) is 0 Å². The van der Waals surface area contributed by atoms with Crippen LogP contribution in [0.3, 0.4) is 0 Å². The van der Waals surface area contributed by atoms with Crippen LogP contribution in [0.15, 0.2) is 16.5 Å². The monoisotopic (exact) mass is 233 g/mol. The molecule has 1 aromatic rings. The molecule has 88 valence electrons. The highest BCUT2D eigenvalue weighted by atomic mass is 16.3. The van der Waals surface area contributed by atoms with Crippen LogP contribution in [-0.2, 0) is 16.1 Å². The van der Waals surface area contributed by atoms with Crippen LogP contribution in [0.5, 0.6) is 0 Å². The van der Waals surface area contributed by atoms with Crippen molar-refractivity contribution < 1.29 is 14.0 Å². The van der Waals surface area contributed by atoms with E-state index in [1.54, 1.807) is 12.1 Å². The van der Waals surface area contributed by atoms with Crippen molar-refractivity contribution in [3.63, 3.8) is 0 Å². The largest absolute Gasteiger partial charge is 0.449 e. The highest BCUT2D eigenvalue weighted by Crippen LogP contribution is 2.09. The van der Waals surface area contributed by atoms with Gasteiger partial charge in [0, 0.05) is 6.42 Å². The lowest BCUT2D eigenvalue weighted by atomic mass is 10.1. The summed E-state index contributed by atoms with van der Waals surface area (Å²) in [5.74, 6) is 0.280. The lowest BCUT2D eigenvalue weighted by Gasteiger charge is -2.21. The maximum atomic E-state index is 11.4. The molecule has 0 aromatic carbocycles. The van der Waals surface area contributed by atoms with Crippen LogP contribution in [0.25, 0.3) is 0 Å². The predicted octanol–water partition coefficient (Wildman–Crippen LogP) is 0.0461. The summed E-state index contributed by atoms with van der Waals surface area (Å²) in [6.45, 7) is 0.355. The van der Waals surface area contributed by atoms with Crippen LogP contribution in [-0.4, -0.2) is 17.9 Å². The van der Waals surface area contributed by atoms with E-state index in [2.05, 4.69) is 10.6 Å². The molecule has 6 nitrogen and oxygen atoms in total. The van der Waals surface area contributed by atoms with Crippen LogP contribution in [0, 0.1) is 11.3 Å². The van der Waals surface area contributed by atoms with Crippen molar-refractivity contribution in [1.29, 1.82) is 5.26 Å². The van der Waals surface area contributed by atoms with Gasteiger partial charge in [-0.2, -0.15) is 5.26 Å². The standard InChI is InChI=1S/C11H11N3O3/c12-5-7-1-2-8(17-7)6-13-9-3-4-10(15)14-11(9)16/h1-2,9,13H,3-4,6H2,(H,14,15,16). The summed E-state index contributed by atoms with van der Waals surface area (Å²) in [4.78, 5) is 22.3. The van der Waals surface area contributed by atoms with Crippen molar-refractivity contribution in [2.24, 2.45) is 0 Å². The van der Waals surface area contributed by atoms with E-state index in [0.717, 1.165) is 0 Å². The maximum Gasteiger partial charge on any atom is 0.243 e. The first kappa shape index (κ1) is 11.4. The van der Waals surface area contributed by atoms with Gasteiger partial charge in [-0.15, -0.1) is 0 Å². The molecule has 0 aliphatic carbocycles. The van der Waals surface area contributed by atoms with Gasteiger partial charge in [0.1, 0.15) is 11.8 Å². The summed E-state index contributed by atoms with van der Waals surface area (Å²) < 4.78 is 5.16. The minimum atomic E-state index is -0.386. The van der Waals surface area contributed by atoms with Crippen molar-refractivity contribution >= 4 is 11.8 Å². The number of hydrogen-bond donors (Lipinski definition) is 2. The van der Waals surface area contributed by atoms with Gasteiger partial charge in [-0.3, -0.25) is 20.2 Å². The summed E-state index contributed by atoms with van der Waals surface area (Å²) in [6, 6.07) is 4.74. The van der Waals surface area contributed by atoms with Crippen molar-refractivity contribution in [3.8, 4) is 6.07 Å². The van der Waals surface area contributed by atoms with Crippen molar-refractivity contribution in [1.82, 2.24) is 10.6 Å². The molecular weight excluding hydrogens is 222 g/mol. The Kier molecular flexibility index (Phi) is 3.21. The lowest BCUT2D eigenvalue weighted by Crippen LogP contribution is -2.50. The molecule has 1 aliphatic heterocycles. The zero-order valence-electron chi connectivity index (χ0n) is 9.03. The molecule has 0 spiro atoms. The number of carbonyl (C=O) groups is 2. The maximum absolute atomic E-state index is 11.4. The summed E-state index contributed by atoms with van der Waals surface area (Å²) in [7, 11) is 0. The molecule has 6 heteroatoms. The van der Waals surface area contributed by atoms with E-state index >= 15 is 0 Å². The van der Waals surface area contributed by atoms with E-state index in [4.69, 9.17) is 9.68 Å². The topological polar surface area (TPSA) is 95.1 Å². The summed E-state index contributed by atoms with van der Waals surface area (Å²) in [5.41, 5.74) is 0. The van der Waals surface area contributed by atoms with Gasteiger partial charge >= 0.3 is 0 Å². The number of nitrogens with zero attached hydrogens (tertiary/aromatic N) is 1. The summed E-state index contributed by atoms with van der Waals surface area (Å²) in [5, 5.41) is 13.8. The van der Waals surface area contributed by atoms with Crippen LogP contribution >= 0.6 is 0 Å². The number of amides is 2. The van der Waals surface area contributed by atoms with E-state index in [1.807, 2.05) is 6.07 Å². The number of hydrogen-bond acceptors (Lipinski definition) is 5. The number of carbonyl (C=O) groups excluding carboxylic acids is 2. The van der Waals surface area contributed by atoms with Crippen molar-refractivity contribution in [3.05, 3.63) is 23.7 Å². The first-order chi connectivity index (χ1) is 8.19. The molecule has 0 saturated carbocycles. The number of imide groups is 1. The molecule has 1 aliphatic rings. The normalized spacial score (nSPS) is 19.8. The molecule has 2 heterocycles. The quantitative estimate of drug-likeness (QED) is 0.719. The summed E-state index contributed by atoms with van der Waals surface area (Å²) in [6.07, 6.45) is 0.821. The molecule has 1 unspecified atom stereocenters. The van der Waals surface area contributed by atoms with E-state index in [9.17, 15) is 9.59 Å². The predicted molar refractivity (Wildman–Crippen MR) is 56.4 cm³/mol. The Bertz CT molecular complexity index is 486. The fourth-order valence-corrected chi connectivity index (χ4v) is 1.65. The molecule has 0 radical (unpaired) electrons. The second-order valence-corrected chi connectivity index (χ2v) is 3.76. The molecule has 0 bridgehead atoms. The average molecular weight is 233 g/mol. The van der Waals surface area contributed by atoms with Gasteiger partial charge in [-0.1, -0.05) is 0 Å².